The summed E-state index contributed by atoms with van der Waals surface area (Å²) >= 11 is 0. The van der Waals surface area contributed by atoms with Gasteiger partial charge in [-0.15, -0.1) is 0 Å². The minimum atomic E-state index is -1.07. The van der Waals surface area contributed by atoms with Crippen molar-refractivity contribution in [2.24, 2.45) is 11.3 Å². The first kappa shape index (κ1) is 32.9. The van der Waals surface area contributed by atoms with Crippen LogP contribution in [0.4, 0.5) is 0 Å². The van der Waals surface area contributed by atoms with Crippen LogP contribution in [0.15, 0.2) is 85.5 Å². The number of nitrogens with one attached hydrogen (secondary N) is 1. The summed E-state index contributed by atoms with van der Waals surface area (Å²) in [7, 11) is 1.66. The molecule has 46 heavy (non-hydrogen) atoms. The van der Waals surface area contributed by atoms with Gasteiger partial charge in [-0.3, -0.25) is 4.79 Å². The van der Waals surface area contributed by atoms with Crippen LogP contribution in [-0.4, -0.2) is 55.8 Å². The fourth-order valence-electron chi connectivity index (χ4n) is 6.77. The van der Waals surface area contributed by atoms with Gasteiger partial charge in [-0.1, -0.05) is 96.1 Å². The molecule has 1 aliphatic heterocycles. The molecule has 2 heterocycles. The summed E-state index contributed by atoms with van der Waals surface area (Å²) < 4.78 is 7.44. The number of hydrogen-bond donors (Lipinski definition) is 2. The second-order valence-corrected chi connectivity index (χ2v) is 14.2. The molecule has 3 aromatic carbocycles. The molecule has 1 aromatic heterocycles. The lowest BCUT2D eigenvalue weighted by Crippen LogP contribution is -2.48. The molecule has 0 radical (unpaired) electrons. The van der Waals surface area contributed by atoms with Crippen LogP contribution in [0.25, 0.3) is 0 Å². The van der Waals surface area contributed by atoms with Crippen molar-refractivity contribution >= 4 is 11.9 Å². The standard InChI is InChI=1S/C37H45N5O4/c1-36(2,3)28-16-17-29(46-7)27(19-28)20-39-31-30(37(4,5)6)33(35(44)45)42(32(31)25-13-9-8-10-14-25)34(43)26-15-11-12-24(18-26)21-41-23-38-22-40-41/h8-19,22-23,30-33,39H,20-21H2,1-7H3,(H,44,45)/t30-,31-,32-,33-/m0/s1. The van der Waals surface area contributed by atoms with E-state index in [0.717, 1.165) is 22.4 Å². The number of aliphatic carboxylic acids is 1. The predicted molar refractivity (Wildman–Crippen MR) is 178 cm³/mol. The molecule has 1 fully saturated rings. The monoisotopic (exact) mass is 623 g/mol. The first-order valence-electron chi connectivity index (χ1n) is 15.7. The maximum atomic E-state index is 14.6. The fraction of sp³-hybridized carbons (Fsp3) is 0.405. The number of rotatable bonds is 9. The summed E-state index contributed by atoms with van der Waals surface area (Å²) in [6.07, 6.45) is 3.09. The molecule has 0 aliphatic carbocycles. The SMILES string of the molecule is COc1ccc(C(C)(C)C)cc1CN[C@H]1[C@H](C(C)(C)C)[C@@H](C(=O)O)N(C(=O)c2cccc(Cn3cncn3)c2)[C@H]1c1ccccc1. The van der Waals surface area contributed by atoms with Crippen molar-refractivity contribution in [3.63, 3.8) is 0 Å². The number of likely N-dealkylation sites (tertiary alicyclic amines) is 1. The summed E-state index contributed by atoms with van der Waals surface area (Å²) in [5, 5.41) is 18.8. The van der Waals surface area contributed by atoms with Crippen molar-refractivity contribution in [2.45, 2.75) is 78.2 Å². The maximum absolute atomic E-state index is 14.6. The summed E-state index contributed by atoms with van der Waals surface area (Å²) in [5.74, 6) is -1.01. The van der Waals surface area contributed by atoms with E-state index >= 15 is 0 Å². The summed E-state index contributed by atoms with van der Waals surface area (Å²) in [4.78, 5) is 33.5. The van der Waals surface area contributed by atoms with Gasteiger partial charge in [0.2, 0.25) is 0 Å². The van der Waals surface area contributed by atoms with Crippen molar-refractivity contribution < 1.29 is 19.4 Å². The van der Waals surface area contributed by atoms with E-state index in [0.29, 0.717) is 18.7 Å². The Morgan fingerprint density at radius 2 is 1.70 bits per heavy atom. The molecule has 5 rings (SSSR count). The Balaban J connectivity index is 1.60. The number of amides is 1. The molecule has 1 amide bonds. The average Bonchev–Trinajstić information content (AvgIpc) is 3.65. The molecule has 9 heteroatoms. The van der Waals surface area contributed by atoms with Gasteiger partial charge in [0.05, 0.1) is 19.7 Å². The summed E-state index contributed by atoms with van der Waals surface area (Å²) in [5.41, 5.74) is 3.80. The normalized spacial score (nSPS) is 20.1. The van der Waals surface area contributed by atoms with E-state index in [1.165, 1.54) is 11.9 Å². The third kappa shape index (κ3) is 6.84. The number of hydrogen-bond acceptors (Lipinski definition) is 6. The summed E-state index contributed by atoms with van der Waals surface area (Å²) in [6, 6.07) is 21.3. The van der Waals surface area contributed by atoms with Crippen LogP contribution in [0, 0.1) is 11.3 Å². The van der Waals surface area contributed by atoms with Gasteiger partial charge < -0.3 is 20.1 Å². The van der Waals surface area contributed by atoms with E-state index in [-0.39, 0.29) is 17.4 Å². The Morgan fingerprint density at radius 3 is 2.30 bits per heavy atom. The van der Waals surface area contributed by atoms with Gasteiger partial charge in [-0.05, 0) is 45.7 Å². The highest BCUT2D eigenvalue weighted by molar-refractivity contribution is 5.98. The van der Waals surface area contributed by atoms with Crippen LogP contribution in [-0.2, 0) is 23.3 Å². The number of benzene rings is 3. The molecule has 9 nitrogen and oxygen atoms in total. The molecule has 0 saturated carbocycles. The zero-order chi connectivity index (χ0) is 33.2. The molecule has 1 saturated heterocycles. The van der Waals surface area contributed by atoms with Crippen LogP contribution in [0.3, 0.4) is 0 Å². The lowest BCUT2D eigenvalue weighted by Gasteiger charge is -2.35. The number of ether oxygens (including phenoxy) is 1. The van der Waals surface area contributed by atoms with E-state index in [9.17, 15) is 14.7 Å². The lowest BCUT2D eigenvalue weighted by molar-refractivity contribution is -0.144. The quantitative estimate of drug-likeness (QED) is 0.232. The largest absolute Gasteiger partial charge is 0.496 e. The van der Waals surface area contributed by atoms with Crippen molar-refractivity contribution in [3.05, 3.63) is 113 Å². The van der Waals surface area contributed by atoms with Gasteiger partial charge in [-0.2, -0.15) is 5.10 Å². The van der Waals surface area contributed by atoms with E-state index in [4.69, 9.17) is 4.74 Å². The molecular weight excluding hydrogens is 578 g/mol. The minimum Gasteiger partial charge on any atom is -0.496 e. The first-order valence-corrected chi connectivity index (χ1v) is 15.7. The number of nitrogens with zero attached hydrogens (tertiary/aromatic N) is 4. The highest BCUT2D eigenvalue weighted by Gasteiger charge is 2.58. The Bertz CT molecular complexity index is 1660. The van der Waals surface area contributed by atoms with Crippen molar-refractivity contribution in [2.75, 3.05) is 7.11 Å². The van der Waals surface area contributed by atoms with Crippen LogP contribution in [0.1, 0.15) is 80.2 Å². The molecule has 4 aromatic rings. The van der Waals surface area contributed by atoms with Gasteiger partial charge in [0.15, 0.2) is 0 Å². The molecule has 1 aliphatic rings. The Morgan fingerprint density at radius 1 is 0.957 bits per heavy atom. The Kier molecular flexibility index (Phi) is 9.35. The highest BCUT2D eigenvalue weighted by Crippen LogP contribution is 2.49. The van der Waals surface area contributed by atoms with Crippen molar-refractivity contribution in [1.82, 2.24) is 25.0 Å². The zero-order valence-corrected chi connectivity index (χ0v) is 27.8. The van der Waals surface area contributed by atoms with Gasteiger partial charge >= 0.3 is 5.97 Å². The van der Waals surface area contributed by atoms with Crippen LogP contribution < -0.4 is 10.1 Å². The highest BCUT2D eigenvalue weighted by atomic mass is 16.5. The number of carbonyl (C=O) groups excluding carboxylic acids is 1. The second kappa shape index (κ2) is 13.1. The van der Waals surface area contributed by atoms with E-state index in [1.807, 2.05) is 54.6 Å². The topological polar surface area (TPSA) is 110 Å². The van der Waals surface area contributed by atoms with Crippen LogP contribution >= 0.6 is 0 Å². The predicted octanol–water partition coefficient (Wildman–Crippen LogP) is 6.10. The van der Waals surface area contributed by atoms with Crippen molar-refractivity contribution in [3.8, 4) is 5.75 Å². The van der Waals surface area contributed by atoms with E-state index < -0.39 is 29.4 Å². The second-order valence-electron chi connectivity index (χ2n) is 14.2. The van der Waals surface area contributed by atoms with E-state index in [1.54, 1.807) is 29.1 Å². The Labute approximate surface area is 271 Å². The first-order chi connectivity index (χ1) is 21.8. The maximum Gasteiger partial charge on any atom is 0.326 e. The molecule has 2 N–H and O–H groups in total. The third-order valence-electron chi connectivity index (χ3n) is 8.95. The number of carboxylic acid groups (broad SMARTS) is 1. The smallest absolute Gasteiger partial charge is 0.326 e. The molecule has 0 bridgehead atoms. The summed E-state index contributed by atoms with van der Waals surface area (Å²) in [6.45, 7) is 13.6. The number of carboxylic acids is 1. The number of aromatic nitrogens is 3. The van der Waals surface area contributed by atoms with Gasteiger partial charge in [-0.25, -0.2) is 14.5 Å². The zero-order valence-electron chi connectivity index (χ0n) is 27.8. The lowest BCUT2D eigenvalue weighted by atomic mass is 9.72. The Hall–Kier alpha value is -4.50. The van der Waals surface area contributed by atoms with Crippen molar-refractivity contribution in [1.29, 1.82) is 0 Å². The number of carbonyl (C=O) groups is 2. The van der Waals surface area contributed by atoms with Crippen LogP contribution in [0.5, 0.6) is 5.75 Å². The molecule has 0 unspecified atom stereocenters. The van der Waals surface area contributed by atoms with Crippen LogP contribution in [0.2, 0.25) is 0 Å². The van der Waals surface area contributed by atoms with E-state index in [2.05, 4.69) is 69.1 Å². The van der Waals surface area contributed by atoms with Gasteiger partial charge in [0.25, 0.3) is 5.91 Å². The van der Waals surface area contributed by atoms with Gasteiger partial charge in [0, 0.05) is 29.6 Å². The van der Waals surface area contributed by atoms with Gasteiger partial charge in [0.1, 0.15) is 24.4 Å². The minimum absolute atomic E-state index is 0.0605. The third-order valence-corrected chi connectivity index (χ3v) is 8.95. The number of methoxy groups -OCH3 is 1. The fourth-order valence-corrected chi connectivity index (χ4v) is 6.77. The molecule has 0 spiro atoms. The molecule has 4 atom stereocenters. The molecule has 242 valence electrons. The average molecular weight is 624 g/mol. The molecular formula is C37H45N5O4.